The van der Waals surface area contributed by atoms with Gasteiger partial charge in [-0.25, -0.2) is 0 Å². The molecule has 18 heavy (non-hydrogen) atoms. The van der Waals surface area contributed by atoms with E-state index in [1.807, 2.05) is 0 Å². The Kier molecular flexibility index (Phi) is 5.48. The highest BCUT2D eigenvalue weighted by Crippen LogP contribution is 2.26. The number of carbonyl (C=O) groups excluding carboxylic acids is 1. The topological polar surface area (TPSA) is 32.3 Å². The van der Waals surface area contributed by atoms with Crippen molar-refractivity contribution in [3.63, 3.8) is 0 Å². The maximum absolute atomic E-state index is 12.1. The van der Waals surface area contributed by atoms with Crippen LogP contribution in [0.15, 0.2) is 0 Å². The summed E-state index contributed by atoms with van der Waals surface area (Å²) in [7, 11) is 0. The summed E-state index contributed by atoms with van der Waals surface area (Å²) in [6.07, 6.45) is 11.7. The minimum Gasteiger partial charge on any atom is -0.339 e. The van der Waals surface area contributed by atoms with Crippen LogP contribution in [0.2, 0.25) is 0 Å². The minimum atomic E-state index is 0.307. The largest absolute Gasteiger partial charge is 0.339 e. The van der Waals surface area contributed by atoms with Crippen molar-refractivity contribution in [2.75, 3.05) is 13.1 Å². The maximum atomic E-state index is 12.1. The van der Waals surface area contributed by atoms with Gasteiger partial charge in [0.05, 0.1) is 6.54 Å². The van der Waals surface area contributed by atoms with E-state index in [1.54, 1.807) is 0 Å². The summed E-state index contributed by atoms with van der Waals surface area (Å²) in [5.74, 6) is 0.307. The van der Waals surface area contributed by atoms with Gasteiger partial charge in [0.15, 0.2) is 0 Å². The Morgan fingerprint density at radius 3 is 2.22 bits per heavy atom. The highest BCUT2D eigenvalue weighted by molar-refractivity contribution is 5.78. The van der Waals surface area contributed by atoms with Gasteiger partial charge >= 0.3 is 0 Å². The van der Waals surface area contributed by atoms with Crippen molar-refractivity contribution in [3.8, 4) is 0 Å². The highest BCUT2D eigenvalue weighted by atomic mass is 16.2. The highest BCUT2D eigenvalue weighted by Gasteiger charge is 2.31. The van der Waals surface area contributed by atoms with Crippen LogP contribution in [0, 0.1) is 0 Å². The fourth-order valence-corrected chi connectivity index (χ4v) is 3.02. The van der Waals surface area contributed by atoms with Crippen LogP contribution in [0.4, 0.5) is 0 Å². The van der Waals surface area contributed by atoms with Crippen molar-refractivity contribution < 1.29 is 4.79 Å². The molecular formula is C15H28N2O. The Balaban J connectivity index is 1.70. The number of nitrogens with zero attached hydrogens (tertiary/aromatic N) is 1. The zero-order valence-electron chi connectivity index (χ0n) is 11.8. The van der Waals surface area contributed by atoms with E-state index in [-0.39, 0.29) is 0 Å². The first-order chi connectivity index (χ1) is 8.81. The van der Waals surface area contributed by atoms with Crippen LogP contribution in [0.1, 0.15) is 64.7 Å². The smallest absolute Gasteiger partial charge is 0.236 e. The molecule has 2 fully saturated rings. The Morgan fingerprint density at radius 1 is 1.06 bits per heavy atom. The van der Waals surface area contributed by atoms with Crippen LogP contribution in [0.25, 0.3) is 0 Å². The van der Waals surface area contributed by atoms with E-state index < -0.39 is 0 Å². The number of nitrogens with one attached hydrogen (secondary N) is 1. The average molecular weight is 252 g/mol. The van der Waals surface area contributed by atoms with Gasteiger partial charge in [-0.3, -0.25) is 4.79 Å². The summed E-state index contributed by atoms with van der Waals surface area (Å²) in [5.41, 5.74) is 0. The molecule has 1 N–H and O–H groups in total. The minimum absolute atomic E-state index is 0.307. The van der Waals surface area contributed by atoms with Crippen LogP contribution in [-0.2, 0) is 4.79 Å². The first kappa shape index (κ1) is 13.9. The summed E-state index contributed by atoms with van der Waals surface area (Å²) >= 11 is 0. The number of amides is 1. The van der Waals surface area contributed by atoms with Crippen molar-refractivity contribution in [1.29, 1.82) is 0 Å². The van der Waals surface area contributed by atoms with Crippen molar-refractivity contribution in [2.24, 2.45) is 0 Å². The molecule has 104 valence electrons. The van der Waals surface area contributed by atoms with Gasteiger partial charge in [0.1, 0.15) is 0 Å². The lowest BCUT2D eigenvalue weighted by Gasteiger charge is -2.24. The molecule has 0 aliphatic heterocycles. The third-order valence-electron chi connectivity index (χ3n) is 4.30. The molecule has 2 aliphatic rings. The molecule has 0 radical (unpaired) electrons. The second kappa shape index (κ2) is 7.13. The molecule has 0 heterocycles. The molecule has 0 unspecified atom stereocenters. The van der Waals surface area contributed by atoms with Crippen LogP contribution in [0.3, 0.4) is 0 Å². The van der Waals surface area contributed by atoms with Gasteiger partial charge in [0, 0.05) is 18.6 Å². The molecule has 0 aromatic heterocycles. The summed E-state index contributed by atoms with van der Waals surface area (Å²) in [4.78, 5) is 14.2. The molecule has 0 aromatic carbocycles. The van der Waals surface area contributed by atoms with Gasteiger partial charge in [-0.2, -0.15) is 0 Å². The molecule has 2 rings (SSSR count). The molecule has 3 heteroatoms. The van der Waals surface area contributed by atoms with Gasteiger partial charge < -0.3 is 10.2 Å². The Labute approximate surface area is 111 Å². The van der Waals surface area contributed by atoms with E-state index >= 15 is 0 Å². The van der Waals surface area contributed by atoms with Crippen LogP contribution >= 0.6 is 0 Å². The standard InChI is InChI=1S/C15H28N2O/c1-2-17(14-10-11-14)15(18)12-16-13-8-6-4-3-5-7-9-13/h13-14,16H,2-12H2,1H3. The third-order valence-corrected chi connectivity index (χ3v) is 4.30. The van der Waals surface area contributed by atoms with E-state index in [0.717, 1.165) is 6.54 Å². The summed E-state index contributed by atoms with van der Waals surface area (Å²) < 4.78 is 0. The van der Waals surface area contributed by atoms with E-state index in [4.69, 9.17) is 0 Å². The van der Waals surface area contributed by atoms with Gasteiger partial charge in [0.2, 0.25) is 5.91 Å². The van der Waals surface area contributed by atoms with Crippen LogP contribution in [0.5, 0.6) is 0 Å². The van der Waals surface area contributed by atoms with Gasteiger partial charge in [-0.1, -0.05) is 32.1 Å². The third kappa shape index (κ3) is 4.27. The monoisotopic (exact) mass is 252 g/mol. The zero-order valence-corrected chi connectivity index (χ0v) is 11.8. The van der Waals surface area contributed by atoms with Crippen molar-refractivity contribution in [1.82, 2.24) is 10.2 Å². The van der Waals surface area contributed by atoms with E-state index in [9.17, 15) is 4.79 Å². The average Bonchev–Trinajstić information content (AvgIpc) is 3.13. The lowest BCUT2D eigenvalue weighted by atomic mass is 9.97. The molecule has 2 aliphatic carbocycles. The Morgan fingerprint density at radius 2 is 1.67 bits per heavy atom. The fourth-order valence-electron chi connectivity index (χ4n) is 3.02. The Hall–Kier alpha value is -0.570. The van der Waals surface area contributed by atoms with Crippen molar-refractivity contribution in [3.05, 3.63) is 0 Å². The molecular weight excluding hydrogens is 224 g/mol. The van der Waals surface area contributed by atoms with E-state index in [0.29, 0.717) is 24.5 Å². The van der Waals surface area contributed by atoms with Crippen LogP contribution in [-0.4, -0.2) is 36.0 Å². The number of likely N-dealkylation sites (N-methyl/N-ethyl adjacent to an activating group) is 1. The first-order valence-electron chi connectivity index (χ1n) is 7.84. The molecule has 0 spiro atoms. The number of hydrogen-bond donors (Lipinski definition) is 1. The van der Waals surface area contributed by atoms with Gasteiger partial charge in [0.25, 0.3) is 0 Å². The maximum Gasteiger partial charge on any atom is 0.236 e. The first-order valence-corrected chi connectivity index (χ1v) is 7.84. The quantitative estimate of drug-likeness (QED) is 0.816. The van der Waals surface area contributed by atoms with Crippen molar-refractivity contribution >= 4 is 5.91 Å². The molecule has 1 amide bonds. The van der Waals surface area contributed by atoms with Gasteiger partial charge in [-0.15, -0.1) is 0 Å². The fraction of sp³-hybridized carbons (Fsp3) is 0.933. The summed E-state index contributed by atoms with van der Waals surface area (Å²) in [6.45, 7) is 3.51. The second-order valence-electron chi connectivity index (χ2n) is 5.83. The number of carbonyl (C=O) groups is 1. The normalized spacial score (nSPS) is 22.3. The molecule has 0 atom stereocenters. The molecule has 0 saturated heterocycles. The predicted molar refractivity (Wildman–Crippen MR) is 74.5 cm³/mol. The Bertz CT molecular complexity index is 255. The SMILES string of the molecule is CCN(C(=O)CNC1CCCCCCC1)C1CC1. The second-order valence-corrected chi connectivity index (χ2v) is 5.83. The summed E-state index contributed by atoms with van der Waals surface area (Å²) in [6, 6.07) is 1.13. The lowest BCUT2D eigenvalue weighted by Crippen LogP contribution is -2.42. The molecule has 0 bridgehead atoms. The van der Waals surface area contributed by atoms with Crippen molar-refractivity contribution in [2.45, 2.75) is 76.8 Å². The lowest BCUT2D eigenvalue weighted by molar-refractivity contribution is -0.130. The zero-order chi connectivity index (χ0) is 12.8. The van der Waals surface area contributed by atoms with E-state index in [1.165, 1.54) is 57.8 Å². The molecule has 0 aromatic rings. The van der Waals surface area contributed by atoms with E-state index in [2.05, 4.69) is 17.1 Å². The summed E-state index contributed by atoms with van der Waals surface area (Å²) in [5, 5.41) is 3.50. The number of rotatable bonds is 5. The molecule has 2 saturated carbocycles. The van der Waals surface area contributed by atoms with Gasteiger partial charge in [-0.05, 0) is 32.6 Å². The molecule has 3 nitrogen and oxygen atoms in total. The van der Waals surface area contributed by atoms with Crippen LogP contribution < -0.4 is 5.32 Å². The number of hydrogen-bond acceptors (Lipinski definition) is 2. The predicted octanol–water partition coefficient (Wildman–Crippen LogP) is 2.70.